The van der Waals surface area contributed by atoms with E-state index in [4.69, 9.17) is 9.47 Å². The van der Waals surface area contributed by atoms with Gasteiger partial charge >= 0.3 is 0 Å². The van der Waals surface area contributed by atoms with Gasteiger partial charge in [0.05, 0.1) is 14.2 Å². The summed E-state index contributed by atoms with van der Waals surface area (Å²) in [6, 6.07) is 4.74. The van der Waals surface area contributed by atoms with Crippen molar-refractivity contribution in [3.63, 3.8) is 0 Å². The van der Waals surface area contributed by atoms with E-state index in [2.05, 4.69) is 0 Å². The van der Waals surface area contributed by atoms with Gasteiger partial charge in [-0.3, -0.25) is 0 Å². The summed E-state index contributed by atoms with van der Waals surface area (Å²) in [5.41, 5.74) is 0. The maximum Gasteiger partial charge on any atom is 0.247 e. The van der Waals surface area contributed by atoms with Crippen LogP contribution in [0.25, 0.3) is 0 Å². The molecule has 1 aliphatic rings. The summed E-state index contributed by atoms with van der Waals surface area (Å²) in [4.78, 5) is 0.132. The Hall–Kier alpha value is -1.53. The molecule has 5 nitrogen and oxygen atoms in total. The third-order valence-corrected chi connectivity index (χ3v) is 4.63. The molecule has 6 heteroatoms. The average molecular weight is 269 g/mol. The lowest BCUT2D eigenvalue weighted by Gasteiger charge is -2.18. The maximum atomic E-state index is 12.4. The van der Waals surface area contributed by atoms with Crippen molar-refractivity contribution in [1.29, 1.82) is 0 Å². The van der Waals surface area contributed by atoms with Crippen LogP contribution < -0.4 is 9.47 Å². The zero-order valence-electron chi connectivity index (χ0n) is 10.3. The lowest BCUT2D eigenvalue weighted by atomic mass is 10.3. The maximum absolute atomic E-state index is 12.4. The lowest BCUT2D eigenvalue weighted by molar-refractivity contribution is 0.389. The van der Waals surface area contributed by atoms with Crippen LogP contribution in [0.3, 0.4) is 0 Å². The molecule has 1 heterocycles. The van der Waals surface area contributed by atoms with E-state index >= 15 is 0 Å². The number of hydrogen-bond acceptors (Lipinski definition) is 4. The van der Waals surface area contributed by atoms with Gasteiger partial charge in [-0.05, 0) is 12.1 Å². The van der Waals surface area contributed by atoms with Gasteiger partial charge in [-0.2, -0.15) is 4.31 Å². The van der Waals surface area contributed by atoms with Crippen molar-refractivity contribution in [2.75, 3.05) is 27.3 Å². The number of benzene rings is 1. The molecule has 0 bridgehead atoms. The van der Waals surface area contributed by atoms with Crippen LogP contribution >= 0.6 is 0 Å². The summed E-state index contributed by atoms with van der Waals surface area (Å²) in [7, 11) is -0.605. The lowest BCUT2D eigenvalue weighted by Crippen LogP contribution is -2.28. The molecule has 0 aromatic heterocycles. The molecule has 1 aliphatic heterocycles. The molecule has 1 aromatic rings. The Kier molecular flexibility index (Phi) is 3.58. The molecule has 0 amide bonds. The van der Waals surface area contributed by atoms with Gasteiger partial charge in [-0.25, -0.2) is 8.42 Å². The third kappa shape index (κ3) is 2.21. The molecular weight excluding hydrogens is 254 g/mol. The van der Waals surface area contributed by atoms with Crippen LogP contribution in [-0.2, 0) is 10.0 Å². The van der Waals surface area contributed by atoms with E-state index in [1.165, 1.54) is 24.6 Å². The van der Waals surface area contributed by atoms with Crippen molar-refractivity contribution < 1.29 is 17.9 Å². The highest BCUT2D eigenvalue weighted by molar-refractivity contribution is 7.89. The topological polar surface area (TPSA) is 55.8 Å². The predicted octanol–water partition coefficient (Wildman–Crippen LogP) is 1.26. The first-order valence-electron chi connectivity index (χ1n) is 5.47. The van der Waals surface area contributed by atoms with Gasteiger partial charge in [-0.15, -0.1) is 0 Å². The number of sulfonamides is 1. The minimum atomic E-state index is -3.55. The molecule has 0 saturated heterocycles. The van der Waals surface area contributed by atoms with Crippen molar-refractivity contribution in [2.45, 2.75) is 4.90 Å². The van der Waals surface area contributed by atoms with E-state index in [0.717, 1.165) is 0 Å². The highest BCUT2D eigenvalue weighted by Gasteiger charge is 2.28. The van der Waals surface area contributed by atoms with Gasteiger partial charge in [0.2, 0.25) is 10.0 Å². The summed E-state index contributed by atoms with van der Waals surface area (Å²) < 4.78 is 36.4. The number of methoxy groups -OCH3 is 2. The second-order valence-electron chi connectivity index (χ2n) is 3.81. The molecule has 0 aliphatic carbocycles. The highest BCUT2D eigenvalue weighted by Crippen LogP contribution is 2.31. The predicted molar refractivity (Wildman–Crippen MR) is 67.4 cm³/mol. The highest BCUT2D eigenvalue weighted by atomic mass is 32.2. The summed E-state index contributed by atoms with van der Waals surface area (Å²) >= 11 is 0. The quantitative estimate of drug-likeness (QED) is 0.772. The number of rotatable bonds is 4. The first-order chi connectivity index (χ1) is 8.59. The molecule has 0 unspecified atom stereocenters. The molecule has 0 fully saturated rings. The Bertz CT molecular complexity index is 557. The molecule has 98 valence electrons. The summed E-state index contributed by atoms with van der Waals surface area (Å²) in [5.74, 6) is 0.809. The van der Waals surface area contributed by atoms with Gasteiger partial charge in [0.1, 0.15) is 16.4 Å². The standard InChI is InChI=1S/C12H15NO4S/c1-16-10-5-6-11(17-2)12(9-10)18(14,15)13-7-3-4-8-13/h3-6,9H,7-8H2,1-2H3. The van der Waals surface area contributed by atoms with E-state index in [1.807, 2.05) is 12.2 Å². The summed E-state index contributed by atoms with van der Waals surface area (Å²) in [5, 5.41) is 0. The van der Waals surface area contributed by atoms with Crippen molar-refractivity contribution in [3.8, 4) is 11.5 Å². The van der Waals surface area contributed by atoms with Gasteiger partial charge in [0.25, 0.3) is 0 Å². The van der Waals surface area contributed by atoms with E-state index in [9.17, 15) is 8.42 Å². The Morgan fingerprint density at radius 1 is 1.11 bits per heavy atom. The van der Waals surface area contributed by atoms with Crippen molar-refractivity contribution in [1.82, 2.24) is 4.31 Å². The minimum absolute atomic E-state index is 0.132. The molecule has 0 saturated carbocycles. The van der Waals surface area contributed by atoms with E-state index in [-0.39, 0.29) is 4.90 Å². The second kappa shape index (κ2) is 4.99. The van der Waals surface area contributed by atoms with E-state index < -0.39 is 10.0 Å². The zero-order chi connectivity index (χ0) is 13.2. The van der Waals surface area contributed by atoms with Crippen molar-refractivity contribution >= 4 is 10.0 Å². The molecule has 0 atom stereocenters. The fourth-order valence-electron chi connectivity index (χ4n) is 1.78. The normalized spacial score (nSPS) is 15.9. The fraction of sp³-hybridized carbons (Fsp3) is 0.333. The first-order valence-corrected chi connectivity index (χ1v) is 6.91. The minimum Gasteiger partial charge on any atom is -0.497 e. The Balaban J connectivity index is 2.47. The summed E-state index contributed by atoms with van der Waals surface area (Å²) in [6.07, 6.45) is 3.65. The molecule has 0 N–H and O–H groups in total. The van der Waals surface area contributed by atoms with Crippen LogP contribution in [0.2, 0.25) is 0 Å². The second-order valence-corrected chi connectivity index (χ2v) is 5.72. The Morgan fingerprint density at radius 2 is 1.78 bits per heavy atom. The largest absolute Gasteiger partial charge is 0.497 e. The number of nitrogens with zero attached hydrogens (tertiary/aromatic N) is 1. The van der Waals surface area contributed by atoms with Crippen LogP contribution in [0.1, 0.15) is 0 Å². The SMILES string of the molecule is COc1ccc(OC)c(S(=O)(=O)N2CC=CC2)c1. The monoisotopic (exact) mass is 269 g/mol. The van der Waals surface area contributed by atoms with Crippen molar-refractivity contribution in [3.05, 3.63) is 30.4 Å². The van der Waals surface area contributed by atoms with Crippen molar-refractivity contribution in [2.24, 2.45) is 0 Å². The van der Waals surface area contributed by atoms with Gasteiger partial charge in [0.15, 0.2) is 0 Å². The molecule has 2 rings (SSSR count). The van der Waals surface area contributed by atoms with Crippen LogP contribution in [0.4, 0.5) is 0 Å². The zero-order valence-corrected chi connectivity index (χ0v) is 11.1. The van der Waals surface area contributed by atoms with Crippen LogP contribution in [0.5, 0.6) is 11.5 Å². The Morgan fingerprint density at radius 3 is 2.33 bits per heavy atom. The average Bonchev–Trinajstić information content (AvgIpc) is 2.92. The van der Waals surface area contributed by atoms with Crippen LogP contribution in [0, 0.1) is 0 Å². The molecule has 0 spiro atoms. The fourth-order valence-corrected chi connectivity index (χ4v) is 3.29. The molecule has 0 radical (unpaired) electrons. The first kappa shape index (κ1) is 12.9. The molecule has 18 heavy (non-hydrogen) atoms. The third-order valence-electron chi connectivity index (χ3n) is 2.77. The molecular formula is C12H15NO4S. The van der Waals surface area contributed by atoms with Crippen LogP contribution in [0.15, 0.2) is 35.2 Å². The van der Waals surface area contributed by atoms with Gasteiger partial charge in [-0.1, -0.05) is 12.2 Å². The Labute approximate surface area is 107 Å². The van der Waals surface area contributed by atoms with E-state index in [0.29, 0.717) is 24.6 Å². The van der Waals surface area contributed by atoms with Crippen LogP contribution in [-0.4, -0.2) is 40.0 Å². The van der Waals surface area contributed by atoms with Gasteiger partial charge in [0, 0.05) is 19.2 Å². The number of hydrogen-bond donors (Lipinski definition) is 0. The summed E-state index contributed by atoms with van der Waals surface area (Å²) in [6.45, 7) is 0.783. The van der Waals surface area contributed by atoms with Gasteiger partial charge < -0.3 is 9.47 Å². The molecule has 1 aromatic carbocycles. The van der Waals surface area contributed by atoms with E-state index in [1.54, 1.807) is 12.1 Å². The number of ether oxygens (including phenoxy) is 2. The smallest absolute Gasteiger partial charge is 0.247 e.